The summed E-state index contributed by atoms with van der Waals surface area (Å²) in [4.78, 5) is 0. The Hall–Kier alpha value is -1.03. The topological polar surface area (TPSA) is 43.4 Å². The molecule has 13 heavy (non-hydrogen) atoms. The molecule has 0 spiro atoms. The highest BCUT2D eigenvalue weighted by atomic mass is 32.2. The summed E-state index contributed by atoms with van der Waals surface area (Å²) in [6, 6.07) is 6.97. The zero-order valence-electron chi connectivity index (χ0n) is 7.52. The summed E-state index contributed by atoms with van der Waals surface area (Å²) in [6.07, 6.45) is 1.15. The monoisotopic (exact) mass is 199 g/mol. The van der Waals surface area contributed by atoms with E-state index < -0.39 is 9.84 Å². The highest BCUT2D eigenvalue weighted by molar-refractivity contribution is 7.92. The molecule has 0 aliphatic heterocycles. The molecule has 4 heteroatoms. The second-order valence-corrected chi connectivity index (χ2v) is 4.58. The molecule has 0 N–H and O–H groups in total. The van der Waals surface area contributed by atoms with Gasteiger partial charge in [0.25, 0.3) is 0 Å². The first kappa shape index (κ1) is 10.1. The minimum Gasteiger partial charge on any atom is -0.496 e. The first-order valence-electron chi connectivity index (χ1n) is 3.71. The maximum absolute atomic E-state index is 11.0. The maximum atomic E-state index is 11.0. The summed E-state index contributed by atoms with van der Waals surface area (Å²) < 4.78 is 26.9. The molecule has 0 saturated heterocycles. The summed E-state index contributed by atoms with van der Waals surface area (Å²) in [7, 11) is -1.61. The van der Waals surface area contributed by atoms with Crippen molar-refractivity contribution in [3.63, 3.8) is 0 Å². The third-order valence-corrected chi connectivity index (χ3v) is 2.16. The maximum Gasteiger partial charge on any atom is 0.156 e. The third-order valence-electron chi connectivity index (χ3n) is 1.48. The number of hydrogen-bond acceptors (Lipinski definition) is 3. The van der Waals surface area contributed by atoms with Gasteiger partial charge in [-0.1, -0.05) is 18.2 Å². The second-order valence-electron chi connectivity index (χ2n) is 2.69. The Morgan fingerprint density at radius 3 is 2.46 bits per heavy atom. The van der Waals surface area contributed by atoms with Crippen molar-refractivity contribution in [2.45, 2.75) is 0 Å². The smallest absolute Gasteiger partial charge is 0.156 e. The Labute approximate surface area is 78.3 Å². The highest BCUT2D eigenvalue weighted by Gasteiger charge is 2.09. The number of rotatable bonds is 3. The lowest BCUT2D eigenvalue weighted by molar-refractivity contribution is 0.412. The first-order chi connectivity index (χ1) is 6.03. The van der Waals surface area contributed by atoms with Crippen LogP contribution in [0, 0.1) is 5.75 Å². The molecule has 1 radical (unpaired) electrons. The van der Waals surface area contributed by atoms with E-state index in [1.54, 1.807) is 24.3 Å². The van der Waals surface area contributed by atoms with Gasteiger partial charge in [-0.3, -0.25) is 0 Å². The first-order valence-corrected chi connectivity index (χ1v) is 5.66. The normalized spacial score (nSPS) is 11.2. The molecule has 71 valence electrons. The molecule has 0 saturated carbocycles. The van der Waals surface area contributed by atoms with Crippen LogP contribution in [0.1, 0.15) is 5.56 Å². The summed E-state index contributed by atoms with van der Waals surface area (Å²) in [5.41, 5.74) is 0.576. The van der Waals surface area contributed by atoms with E-state index in [0.717, 1.165) is 6.26 Å². The molecule has 0 aromatic heterocycles. The molecule has 0 atom stereocenters. The summed E-state index contributed by atoms with van der Waals surface area (Å²) in [6.45, 7) is 0. The van der Waals surface area contributed by atoms with Crippen molar-refractivity contribution in [2.75, 3.05) is 13.4 Å². The van der Waals surface area contributed by atoms with Crippen molar-refractivity contribution in [2.24, 2.45) is 0 Å². The van der Waals surface area contributed by atoms with Crippen LogP contribution in [0.3, 0.4) is 0 Å². The van der Waals surface area contributed by atoms with E-state index in [2.05, 4.69) is 0 Å². The molecule has 0 heterocycles. The van der Waals surface area contributed by atoms with Crippen molar-refractivity contribution >= 4 is 9.84 Å². The van der Waals surface area contributed by atoms with Crippen LogP contribution in [-0.4, -0.2) is 21.8 Å². The van der Waals surface area contributed by atoms with Gasteiger partial charge in [-0.2, -0.15) is 0 Å². The van der Waals surface area contributed by atoms with Crippen molar-refractivity contribution in [1.82, 2.24) is 0 Å². The van der Waals surface area contributed by atoms with Gasteiger partial charge in [-0.15, -0.1) is 0 Å². The molecule has 0 aliphatic carbocycles. The van der Waals surface area contributed by atoms with Gasteiger partial charge in [0.15, 0.2) is 9.84 Å². The van der Waals surface area contributed by atoms with E-state index in [9.17, 15) is 8.42 Å². The van der Waals surface area contributed by atoms with E-state index in [1.165, 1.54) is 12.9 Å². The van der Waals surface area contributed by atoms with Gasteiger partial charge in [-0.05, 0) is 6.07 Å². The zero-order valence-corrected chi connectivity index (χ0v) is 8.34. The van der Waals surface area contributed by atoms with Gasteiger partial charge in [0.05, 0.1) is 7.11 Å². The Morgan fingerprint density at radius 1 is 1.31 bits per heavy atom. The van der Waals surface area contributed by atoms with Crippen LogP contribution in [0.2, 0.25) is 0 Å². The van der Waals surface area contributed by atoms with E-state index >= 15 is 0 Å². The number of sulfone groups is 1. The van der Waals surface area contributed by atoms with Crippen LogP contribution >= 0.6 is 0 Å². The SMILES string of the molecule is COc1ccccc1[CH]S(C)(=O)=O. The highest BCUT2D eigenvalue weighted by Crippen LogP contribution is 2.20. The molecule has 0 bridgehead atoms. The number of para-hydroxylation sites is 1. The predicted molar refractivity (Wildman–Crippen MR) is 51.2 cm³/mol. The molecular formula is C9H11O3S. The molecular weight excluding hydrogens is 188 g/mol. The molecule has 0 amide bonds. The van der Waals surface area contributed by atoms with Crippen LogP contribution in [-0.2, 0) is 9.84 Å². The van der Waals surface area contributed by atoms with E-state index in [-0.39, 0.29) is 0 Å². The van der Waals surface area contributed by atoms with Gasteiger partial charge in [-0.25, -0.2) is 8.42 Å². The largest absolute Gasteiger partial charge is 0.496 e. The summed E-state index contributed by atoms with van der Waals surface area (Å²) >= 11 is 0. The Balaban J connectivity index is 3.01. The van der Waals surface area contributed by atoms with Crippen LogP contribution in [0.5, 0.6) is 5.75 Å². The standard InChI is InChI=1S/C9H11O3S/c1-12-9-6-4-3-5-8(9)7-13(2,10)11/h3-7H,1-2H3. The quantitative estimate of drug-likeness (QED) is 0.735. The molecule has 3 nitrogen and oxygen atoms in total. The molecule has 0 unspecified atom stereocenters. The van der Waals surface area contributed by atoms with Crippen molar-refractivity contribution in [3.8, 4) is 5.75 Å². The molecule has 0 aliphatic rings. The Kier molecular flexibility index (Phi) is 2.93. The lowest BCUT2D eigenvalue weighted by Gasteiger charge is -2.05. The Bertz CT molecular complexity index is 382. The lowest BCUT2D eigenvalue weighted by atomic mass is 10.2. The number of methoxy groups -OCH3 is 1. The van der Waals surface area contributed by atoms with Gasteiger partial charge >= 0.3 is 0 Å². The van der Waals surface area contributed by atoms with E-state index in [0.29, 0.717) is 11.3 Å². The minimum atomic E-state index is -3.11. The summed E-state index contributed by atoms with van der Waals surface area (Å²) in [5.74, 6) is 1.75. The average Bonchev–Trinajstić information content (AvgIpc) is 2.02. The number of ether oxygens (including phenoxy) is 1. The fourth-order valence-electron chi connectivity index (χ4n) is 0.994. The van der Waals surface area contributed by atoms with Gasteiger partial charge < -0.3 is 4.74 Å². The van der Waals surface area contributed by atoms with Crippen LogP contribution in [0.4, 0.5) is 0 Å². The van der Waals surface area contributed by atoms with Gasteiger partial charge in [0, 0.05) is 11.8 Å². The van der Waals surface area contributed by atoms with Gasteiger partial charge in [0.2, 0.25) is 0 Å². The molecule has 1 aromatic carbocycles. The molecule has 1 aromatic rings. The van der Waals surface area contributed by atoms with Crippen molar-refractivity contribution < 1.29 is 13.2 Å². The lowest BCUT2D eigenvalue weighted by Crippen LogP contribution is -1.99. The third kappa shape index (κ3) is 3.06. The second kappa shape index (κ2) is 3.79. The fraction of sp³-hybridized carbons (Fsp3) is 0.222. The van der Waals surface area contributed by atoms with Crippen LogP contribution < -0.4 is 4.74 Å². The van der Waals surface area contributed by atoms with E-state index in [1.807, 2.05) is 0 Å². The van der Waals surface area contributed by atoms with Crippen molar-refractivity contribution in [1.29, 1.82) is 0 Å². The molecule has 0 fully saturated rings. The Morgan fingerprint density at radius 2 is 1.92 bits per heavy atom. The number of hydrogen-bond donors (Lipinski definition) is 0. The van der Waals surface area contributed by atoms with Crippen molar-refractivity contribution in [3.05, 3.63) is 35.6 Å². The molecule has 1 rings (SSSR count). The number of benzene rings is 1. The zero-order chi connectivity index (χ0) is 9.90. The minimum absolute atomic E-state index is 0.563. The van der Waals surface area contributed by atoms with Crippen LogP contribution in [0.25, 0.3) is 0 Å². The fourth-order valence-corrected chi connectivity index (χ4v) is 1.65. The average molecular weight is 199 g/mol. The summed E-state index contributed by atoms with van der Waals surface area (Å²) in [5, 5.41) is 0. The van der Waals surface area contributed by atoms with Crippen LogP contribution in [0.15, 0.2) is 24.3 Å². The van der Waals surface area contributed by atoms with Gasteiger partial charge in [0.1, 0.15) is 11.5 Å². The van der Waals surface area contributed by atoms with E-state index in [4.69, 9.17) is 4.74 Å². The predicted octanol–water partition coefficient (Wildman–Crippen LogP) is 1.25.